The Morgan fingerprint density at radius 2 is 1.89 bits per heavy atom. The molecule has 3 heterocycles. The standard InChI is InChI=1S/C21H22N4O2/c1-2-7-16-8-6-11-20(22-16)24-12-13-25-19(21(24)26)14-17(23-25)15-27-18-9-4-3-5-10-18/h3-6,8-11,14H,2,7,12-13,15H2,1H3. The fourth-order valence-corrected chi connectivity index (χ4v) is 3.22. The number of carbonyl (C=O) groups is 1. The van der Waals surface area contributed by atoms with Gasteiger partial charge < -0.3 is 4.74 Å². The highest BCUT2D eigenvalue weighted by Gasteiger charge is 2.28. The first-order valence-corrected chi connectivity index (χ1v) is 9.27. The Balaban J connectivity index is 1.50. The molecule has 1 aliphatic rings. The summed E-state index contributed by atoms with van der Waals surface area (Å²) < 4.78 is 7.51. The molecule has 27 heavy (non-hydrogen) atoms. The van der Waals surface area contributed by atoms with E-state index in [2.05, 4.69) is 17.0 Å². The maximum atomic E-state index is 13.0. The van der Waals surface area contributed by atoms with Crippen molar-refractivity contribution < 1.29 is 9.53 Å². The van der Waals surface area contributed by atoms with Gasteiger partial charge in [-0.15, -0.1) is 0 Å². The molecule has 1 amide bonds. The average molecular weight is 362 g/mol. The van der Waals surface area contributed by atoms with Crippen molar-refractivity contribution in [2.24, 2.45) is 0 Å². The summed E-state index contributed by atoms with van der Waals surface area (Å²) in [4.78, 5) is 19.3. The number of fused-ring (bicyclic) bond motifs is 1. The Labute approximate surface area is 158 Å². The monoisotopic (exact) mass is 362 g/mol. The predicted molar refractivity (Wildman–Crippen MR) is 103 cm³/mol. The van der Waals surface area contributed by atoms with Crippen LogP contribution in [0, 0.1) is 0 Å². The van der Waals surface area contributed by atoms with E-state index in [1.807, 2.05) is 54.6 Å². The second kappa shape index (κ2) is 7.61. The van der Waals surface area contributed by atoms with E-state index in [4.69, 9.17) is 4.74 Å². The highest BCUT2D eigenvalue weighted by Crippen LogP contribution is 2.21. The molecule has 0 bridgehead atoms. The van der Waals surface area contributed by atoms with Crippen LogP contribution < -0.4 is 9.64 Å². The lowest BCUT2D eigenvalue weighted by Crippen LogP contribution is -2.41. The molecule has 6 nitrogen and oxygen atoms in total. The van der Waals surface area contributed by atoms with Gasteiger partial charge in [-0.2, -0.15) is 5.10 Å². The minimum absolute atomic E-state index is 0.0686. The lowest BCUT2D eigenvalue weighted by molar-refractivity contribution is 0.0961. The molecule has 6 heteroatoms. The van der Waals surface area contributed by atoms with Crippen molar-refractivity contribution >= 4 is 11.7 Å². The number of hydrogen-bond donors (Lipinski definition) is 0. The summed E-state index contributed by atoms with van der Waals surface area (Å²) >= 11 is 0. The van der Waals surface area contributed by atoms with Gasteiger partial charge in [0.05, 0.1) is 6.54 Å². The van der Waals surface area contributed by atoms with Gasteiger partial charge in [-0.25, -0.2) is 4.98 Å². The number of benzene rings is 1. The molecule has 3 aromatic rings. The van der Waals surface area contributed by atoms with Gasteiger partial charge >= 0.3 is 0 Å². The van der Waals surface area contributed by atoms with E-state index in [1.165, 1.54) is 0 Å². The predicted octanol–water partition coefficient (Wildman–Crippen LogP) is 3.47. The quantitative estimate of drug-likeness (QED) is 0.674. The Morgan fingerprint density at radius 1 is 1.04 bits per heavy atom. The fraction of sp³-hybridized carbons (Fsp3) is 0.286. The molecule has 0 aliphatic carbocycles. The van der Waals surface area contributed by atoms with Crippen LogP contribution in [-0.2, 0) is 19.6 Å². The molecule has 0 fully saturated rings. The van der Waals surface area contributed by atoms with Crippen LogP contribution in [0.3, 0.4) is 0 Å². The van der Waals surface area contributed by atoms with Gasteiger partial charge in [-0.1, -0.05) is 37.6 Å². The van der Waals surface area contributed by atoms with Crippen LogP contribution in [0.15, 0.2) is 54.6 Å². The Morgan fingerprint density at radius 3 is 2.70 bits per heavy atom. The number of hydrogen-bond acceptors (Lipinski definition) is 4. The highest BCUT2D eigenvalue weighted by atomic mass is 16.5. The van der Waals surface area contributed by atoms with Crippen molar-refractivity contribution in [3.05, 3.63) is 71.7 Å². The molecule has 0 spiro atoms. The largest absolute Gasteiger partial charge is 0.487 e. The molecule has 0 N–H and O–H groups in total. The first-order valence-electron chi connectivity index (χ1n) is 9.27. The van der Waals surface area contributed by atoms with E-state index in [1.54, 1.807) is 9.58 Å². The molecule has 1 aliphatic heterocycles. The Bertz CT molecular complexity index is 936. The summed E-state index contributed by atoms with van der Waals surface area (Å²) in [5.41, 5.74) is 2.34. The van der Waals surface area contributed by atoms with Crippen molar-refractivity contribution in [2.75, 3.05) is 11.4 Å². The van der Waals surface area contributed by atoms with Gasteiger partial charge in [0.25, 0.3) is 5.91 Å². The maximum absolute atomic E-state index is 13.0. The maximum Gasteiger partial charge on any atom is 0.277 e. The zero-order valence-corrected chi connectivity index (χ0v) is 15.3. The van der Waals surface area contributed by atoms with E-state index in [-0.39, 0.29) is 5.91 Å². The van der Waals surface area contributed by atoms with Crippen LogP contribution in [0.2, 0.25) is 0 Å². The summed E-state index contributed by atoms with van der Waals surface area (Å²) in [6.07, 6.45) is 1.94. The molecule has 0 saturated heterocycles. The summed E-state index contributed by atoms with van der Waals surface area (Å²) in [7, 11) is 0. The van der Waals surface area contributed by atoms with Crippen LogP contribution in [-0.4, -0.2) is 27.2 Å². The third-order valence-electron chi connectivity index (χ3n) is 4.53. The van der Waals surface area contributed by atoms with E-state index < -0.39 is 0 Å². The SMILES string of the molecule is CCCc1cccc(N2CCn3nc(COc4ccccc4)cc3C2=O)n1. The number of rotatable bonds is 6. The van der Waals surface area contributed by atoms with E-state index >= 15 is 0 Å². The topological polar surface area (TPSA) is 60.2 Å². The van der Waals surface area contributed by atoms with Crippen molar-refractivity contribution in [1.29, 1.82) is 0 Å². The molecular formula is C21H22N4O2. The Hall–Kier alpha value is -3.15. The van der Waals surface area contributed by atoms with Crippen molar-refractivity contribution in [1.82, 2.24) is 14.8 Å². The zero-order valence-electron chi connectivity index (χ0n) is 15.3. The number of ether oxygens (including phenoxy) is 1. The first kappa shape index (κ1) is 17.3. The van der Waals surface area contributed by atoms with Crippen LogP contribution in [0.25, 0.3) is 0 Å². The number of anilines is 1. The fourth-order valence-electron chi connectivity index (χ4n) is 3.22. The molecule has 0 unspecified atom stereocenters. The molecule has 0 atom stereocenters. The van der Waals surface area contributed by atoms with Gasteiger partial charge in [0.1, 0.15) is 29.6 Å². The van der Waals surface area contributed by atoms with Crippen LogP contribution in [0.4, 0.5) is 5.82 Å². The zero-order chi connectivity index (χ0) is 18.6. The number of carbonyl (C=O) groups excluding carboxylic acids is 1. The lowest BCUT2D eigenvalue weighted by atomic mass is 10.2. The summed E-state index contributed by atoms with van der Waals surface area (Å²) in [5, 5.41) is 4.52. The molecule has 4 rings (SSSR count). The second-order valence-electron chi connectivity index (χ2n) is 6.54. The van der Waals surface area contributed by atoms with Crippen molar-refractivity contribution in [2.45, 2.75) is 32.9 Å². The number of para-hydroxylation sites is 1. The van der Waals surface area contributed by atoms with Crippen molar-refractivity contribution in [3.8, 4) is 5.75 Å². The number of amides is 1. The minimum Gasteiger partial charge on any atom is -0.487 e. The van der Waals surface area contributed by atoms with E-state index in [0.29, 0.717) is 31.2 Å². The lowest BCUT2D eigenvalue weighted by Gasteiger charge is -2.26. The summed E-state index contributed by atoms with van der Waals surface area (Å²) in [6.45, 7) is 3.67. The molecular weight excluding hydrogens is 340 g/mol. The molecule has 138 valence electrons. The van der Waals surface area contributed by atoms with Gasteiger partial charge in [-0.05, 0) is 36.8 Å². The van der Waals surface area contributed by atoms with Crippen LogP contribution in [0.5, 0.6) is 5.75 Å². The van der Waals surface area contributed by atoms with Gasteiger partial charge in [0.2, 0.25) is 0 Å². The molecule has 1 aromatic carbocycles. The second-order valence-corrected chi connectivity index (χ2v) is 6.54. The Kier molecular flexibility index (Phi) is 4.87. The van der Waals surface area contributed by atoms with Crippen LogP contribution >= 0.6 is 0 Å². The van der Waals surface area contributed by atoms with Crippen LogP contribution in [0.1, 0.15) is 35.2 Å². The van der Waals surface area contributed by atoms with E-state index in [0.717, 1.165) is 30.0 Å². The third kappa shape index (κ3) is 3.69. The molecule has 0 saturated carbocycles. The number of aryl methyl sites for hydroxylation is 1. The first-order chi connectivity index (χ1) is 13.2. The highest BCUT2D eigenvalue weighted by molar-refractivity contribution is 6.05. The van der Waals surface area contributed by atoms with Crippen molar-refractivity contribution in [3.63, 3.8) is 0 Å². The van der Waals surface area contributed by atoms with Gasteiger partial charge in [0.15, 0.2) is 0 Å². The smallest absolute Gasteiger partial charge is 0.277 e. The third-order valence-corrected chi connectivity index (χ3v) is 4.53. The van der Waals surface area contributed by atoms with Gasteiger partial charge in [0, 0.05) is 12.2 Å². The number of aromatic nitrogens is 3. The molecule has 0 radical (unpaired) electrons. The van der Waals surface area contributed by atoms with E-state index in [9.17, 15) is 4.79 Å². The van der Waals surface area contributed by atoms with Gasteiger partial charge in [-0.3, -0.25) is 14.4 Å². The molecule has 2 aromatic heterocycles. The summed E-state index contributed by atoms with van der Waals surface area (Å²) in [6, 6.07) is 17.3. The number of pyridine rings is 1. The normalized spacial score (nSPS) is 13.5. The average Bonchev–Trinajstić information content (AvgIpc) is 3.12. The summed E-state index contributed by atoms with van der Waals surface area (Å²) in [5.74, 6) is 1.43. The minimum atomic E-state index is -0.0686. The number of nitrogens with zero attached hydrogens (tertiary/aromatic N) is 4.